The number of aromatic carboxylic acids is 1. The van der Waals surface area contributed by atoms with Crippen LogP contribution in [0.5, 0.6) is 5.88 Å². The van der Waals surface area contributed by atoms with Gasteiger partial charge in [0.1, 0.15) is 11.7 Å². The number of pyridine rings is 1. The highest BCUT2D eigenvalue weighted by molar-refractivity contribution is 5.97. The summed E-state index contributed by atoms with van der Waals surface area (Å²) in [7, 11) is 1.91. The van der Waals surface area contributed by atoms with Crippen LogP contribution in [0.15, 0.2) is 36.5 Å². The number of hydrogen-bond acceptors (Lipinski definition) is 6. The number of aliphatic hydroxyl groups excluding tert-OH is 1. The quantitative estimate of drug-likeness (QED) is 0.527. The summed E-state index contributed by atoms with van der Waals surface area (Å²) in [4.78, 5) is 33.3. The van der Waals surface area contributed by atoms with Crippen molar-refractivity contribution in [2.24, 2.45) is 11.8 Å². The van der Waals surface area contributed by atoms with Crippen LogP contribution in [0.3, 0.4) is 0 Å². The smallest absolute Gasteiger partial charge is 0.336 e. The third-order valence-electron chi connectivity index (χ3n) is 6.44. The molecule has 2 N–H and O–H groups in total. The average molecular weight is 508 g/mol. The number of carboxylic acid groups (broad SMARTS) is 1. The molecule has 1 aliphatic rings. The zero-order valence-electron chi connectivity index (χ0n) is 22.3. The van der Waals surface area contributed by atoms with Gasteiger partial charge in [-0.25, -0.2) is 9.78 Å². The Labute approximate surface area is 219 Å². The van der Waals surface area contributed by atoms with Crippen LogP contribution in [0, 0.1) is 23.7 Å². The van der Waals surface area contributed by atoms with Crippen molar-refractivity contribution in [3.8, 4) is 17.7 Å². The normalized spacial score (nSPS) is 18.4. The van der Waals surface area contributed by atoms with E-state index >= 15 is 0 Å². The van der Waals surface area contributed by atoms with Crippen LogP contribution in [0.1, 0.15) is 66.0 Å². The topological polar surface area (TPSA) is 103 Å². The first-order valence-corrected chi connectivity index (χ1v) is 12.7. The first-order valence-electron chi connectivity index (χ1n) is 12.7. The van der Waals surface area contributed by atoms with Gasteiger partial charge in [-0.3, -0.25) is 9.69 Å². The van der Waals surface area contributed by atoms with Crippen molar-refractivity contribution >= 4 is 11.9 Å². The number of carboxylic acids is 1. The molecular formula is C29H37N3O5. The fourth-order valence-corrected chi connectivity index (χ4v) is 4.28. The van der Waals surface area contributed by atoms with Gasteiger partial charge in [-0.2, -0.15) is 0 Å². The number of carbonyl (C=O) groups excluding carboxylic acids is 1. The second kappa shape index (κ2) is 12.7. The number of hydrogen-bond donors (Lipinski definition) is 2. The summed E-state index contributed by atoms with van der Waals surface area (Å²) in [5.41, 5.74) is 1.95. The van der Waals surface area contributed by atoms with E-state index in [2.05, 4.69) is 30.7 Å². The van der Waals surface area contributed by atoms with Gasteiger partial charge in [-0.05, 0) is 37.6 Å². The van der Waals surface area contributed by atoms with Crippen molar-refractivity contribution in [2.45, 2.75) is 52.8 Å². The van der Waals surface area contributed by atoms with Gasteiger partial charge in [0.2, 0.25) is 5.88 Å². The second-order valence-corrected chi connectivity index (χ2v) is 10.3. The van der Waals surface area contributed by atoms with E-state index < -0.39 is 5.97 Å². The molecule has 0 radical (unpaired) electrons. The third kappa shape index (κ3) is 7.31. The molecule has 0 bridgehead atoms. The largest absolute Gasteiger partial charge is 0.478 e. The number of amides is 1. The lowest BCUT2D eigenvalue weighted by molar-refractivity contribution is 0.0325. The highest BCUT2D eigenvalue weighted by atomic mass is 16.5. The van der Waals surface area contributed by atoms with E-state index in [4.69, 9.17) is 4.74 Å². The third-order valence-corrected chi connectivity index (χ3v) is 6.44. The van der Waals surface area contributed by atoms with E-state index in [0.717, 1.165) is 6.42 Å². The summed E-state index contributed by atoms with van der Waals surface area (Å²) >= 11 is 0. The Morgan fingerprint density at radius 3 is 2.70 bits per heavy atom. The maximum atomic E-state index is 13.5. The van der Waals surface area contributed by atoms with Crippen LogP contribution in [0.25, 0.3) is 0 Å². The standard InChI is InChI=1S/C29H37N3O5/c1-19(2)9-8-10-22-13-25-27(30-14-22)37-26(20(3)15-32(28(25)34)21(4)18-33)17-31(5)16-23-11-6-7-12-24(23)29(35)36/h6-7,11-14,19-21,26,33H,9,15-18H2,1-5H3,(H,35,36)/t20-,21-,26-/m1/s1. The first kappa shape index (κ1) is 28.2. The lowest BCUT2D eigenvalue weighted by atomic mass is 9.99. The van der Waals surface area contributed by atoms with E-state index in [1.54, 1.807) is 29.3 Å². The fourth-order valence-electron chi connectivity index (χ4n) is 4.28. The molecule has 2 aromatic rings. The molecule has 8 nitrogen and oxygen atoms in total. The molecule has 3 atom stereocenters. The monoisotopic (exact) mass is 507 g/mol. The molecule has 3 rings (SSSR count). The zero-order valence-corrected chi connectivity index (χ0v) is 22.3. The van der Waals surface area contributed by atoms with Crippen molar-refractivity contribution in [1.82, 2.24) is 14.8 Å². The number of carbonyl (C=O) groups is 2. The van der Waals surface area contributed by atoms with E-state index in [1.807, 2.05) is 37.9 Å². The highest BCUT2D eigenvalue weighted by Crippen LogP contribution is 2.27. The lowest BCUT2D eigenvalue weighted by Crippen LogP contribution is -2.49. The van der Waals surface area contributed by atoms with Crippen LogP contribution in [-0.2, 0) is 6.54 Å². The summed E-state index contributed by atoms with van der Waals surface area (Å²) in [6, 6.07) is 8.29. The van der Waals surface area contributed by atoms with Gasteiger partial charge in [0, 0.05) is 43.7 Å². The molecule has 1 aromatic heterocycles. The lowest BCUT2D eigenvalue weighted by Gasteiger charge is -2.37. The number of rotatable bonds is 8. The van der Waals surface area contributed by atoms with Crippen LogP contribution < -0.4 is 4.74 Å². The molecular weight excluding hydrogens is 470 g/mol. The van der Waals surface area contributed by atoms with Gasteiger partial charge in [0.05, 0.1) is 18.2 Å². The van der Waals surface area contributed by atoms with Gasteiger partial charge < -0.3 is 19.8 Å². The molecule has 1 aliphatic heterocycles. The van der Waals surface area contributed by atoms with E-state index in [9.17, 15) is 19.8 Å². The minimum absolute atomic E-state index is 0.0735. The number of likely N-dealkylation sites (N-methyl/N-ethyl adjacent to an activating group) is 1. The molecule has 0 unspecified atom stereocenters. The predicted octanol–water partition coefficient (Wildman–Crippen LogP) is 3.53. The van der Waals surface area contributed by atoms with Gasteiger partial charge in [-0.1, -0.05) is 50.8 Å². The molecule has 0 fully saturated rings. The number of aliphatic hydroxyl groups is 1. The number of nitrogens with zero attached hydrogens (tertiary/aromatic N) is 3. The van der Waals surface area contributed by atoms with E-state index in [1.165, 1.54) is 0 Å². The molecule has 8 heteroatoms. The molecule has 1 aromatic carbocycles. The maximum Gasteiger partial charge on any atom is 0.336 e. The van der Waals surface area contributed by atoms with Gasteiger partial charge in [-0.15, -0.1) is 0 Å². The number of ether oxygens (including phenoxy) is 1. The number of aromatic nitrogens is 1. The molecule has 0 spiro atoms. The molecule has 0 saturated carbocycles. The van der Waals surface area contributed by atoms with Crippen molar-refractivity contribution < 1.29 is 24.5 Å². The summed E-state index contributed by atoms with van der Waals surface area (Å²) < 4.78 is 6.34. The Morgan fingerprint density at radius 1 is 1.30 bits per heavy atom. The highest BCUT2D eigenvalue weighted by Gasteiger charge is 2.34. The number of fused-ring (bicyclic) bond motifs is 1. The summed E-state index contributed by atoms with van der Waals surface area (Å²) in [6.07, 6.45) is 2.04. The second-order valence-electron chi connectivity index (χ2n) is 10.3. The zero-order chi connectivity index (χ0) is 27.1. The Hall–Kier alpha value is -3.41. The Balaban J connectivity index is 1.90. The minimum Gasteiger partial charge on any atom is -0.478 e. The van der Waals surface area contributed by atoms with Crippen LogP contribution in [0.4, 0.5) is 0 Å². The predicted molar refractivity (Wildman–Crippen MR) is 141 cm³/mol. The van der Waals surface area contributed by atoms with Crippen molar-refractivity contribution in [3.05, 3.63) is 58.8 Å². The molecule has 198 valence electrons. The summed E-state index contributed by atoms with van der Waals surface area (Å²) in [5.74, 6) is 5.62. The molecule has 1 amide bonds. The SMILES string of the molecule is CC(C)CC#Cc1cnc2c(c1)C(=O)N([C@H](C)CO)C[C@@H](C)[C@@H](CN(C)Cc1ccccc1C(=O)O)O2. The number of benzene rings is 1. The molecule has 0 aliphatic carbocycles. The first-order chi connectivity index (χ1) is 17.6. The van der Waals surface area contributed by atoms with Crippen LogP contribution in [0.2, 0.25) is 0 Å². The Bertz CT molecular complexity index is 1170. The Kier molecular flexibility index (Phi) is 9.67. The maximum absolute atomic E-state index is 13.5. The fraction of sp³-hybridized carbons (Fsp3) is 0.483. The molecule has 37 heavy (non-hydrogen) atoms. The van der Waals surface area contributed by atoms with Crippen LogP contribution >= 0.6 is 0 Å². The van der Waals surface area contributed by atoms with Gasteiger partial charge in [0.15, 0.2) is 0 Å². The minimum atomic E-state index is -0.961. The van der Waals surface area contributed by atoms with E-state index in [0.29, 0.717) is 42.2 Å². The van der Waals surface area contributed by atoms with Crippen LogP contribution in [-0.4, -0.2) is 75.8 Å². The van der Waals surface area contributed by atoms with Crippen molar-refractivity contribution in [3.63, 3.8) is 0 Å². The average Bonchev–Trinajstić information content (AvgIpc) is 2.86. The summed E-state index contributed by atoms with van der Waals surface area (Å²) in [6.45, 7) is 9.16. The van der Waals surface area contributed by atoms with Crippen molar-refractivity contribution in [2.75, 3.05) is 26.7 Å². The van der Waals surface area contributed by atoms with E-state index in [-0.39, 0.29) is 42.0 Å². The van der Waals surface area contributed by atoms with Gasteiger partial charge >= 0.3 is 5.97 Å². The Morgan fingerprint density at radius 2 is 2.03 bits per heavy atom. The molecule has 2 heterocycles. The van der Waals surface area contributed by atoms with Gasteiger partial charge in [0.25, 0.3) is 5.91 Å². The summed E-state index contributed by atoms with van der Waals surface area (Å²) in [5, 5.41) is 19.4. The molecule has 0 saturated heterocycles. The van der Waals surface area contributed by atoms with Crippen molar-refractivity contribution in [1.29, 1.82) is 0 Å².